The molecule has 0 aliphatic rings. The van der Waals surface area contributed by atoms with E-state index in [1.165, 1.54) is 43.5 Å². The summed E-state index contributed by atoms with van der Waals surface area (Å²) in [5.41, 5.74) is 0.494. The highest BCUT2D eigenvalue weighted by Gasteiger charge is 2.36. The molecule has 0 heterocycles. The first-order chi connectivity index (χ1) is 12.3. The van der Waals surface area contributed by atoms with E-state index in [0.717, 1.165) is 7.11 Å². The third kappa shape index (κ3) is 5.38. The lowest BCUT2D eigenvalue weighted by molar-refractivity contribution is -0.162. The molecule has 0 fully saturated rings. The van der Waals surface area contributed by atoms with Gasteiger partial charge in [-0.3, -0.25) is 4.84 Å². The molecule has 1 atom stereocenters. The molecule has 0 aromatic heterocycles. The number of hydrogen-bond acceptors (Lipinski definition) is 4. The van der Waals surface area contributed by atoms with Gasteiger partial charge in [0.15, 0.2) is 0 Å². The molecular formula is C18H18F3NO4. The summed E-state index contributed by atoms with van der Waals surface area (Å²) in [4.78, 5) is 17.4. The van der Waals surface area contributed by atoms with Crippen LogP contribution in [0.4, 0.5) is 23.7 Å². The maximum absolute atomic E-state index is 13.0. The van der Waals surface area contributed by atoms with Crippen LogP contribution in [0.5, 0.6) is 5.75 Å². The number of rotatable bonds is 6. The van der Waals surface area contributed by atoms with Crippen LogP contribution in [0.1, 0.15) is 18.1 Å². The molecule has 0 radical (unpaired) electrons. The summed E-state index contributed by atoms with van der Waals surface area (Å²) in [7, 11) is 2.57. The molecule has 2 aromatic rings. The first-order valence-corrected chi connectivity index (χ1v) is 7.64. The summed E-state index contributed by atoms with van der Waals surface area (Å²) < 4.78 is 48.7. The number of para-hydroxylation sites is 1. The summed E-state index contributed by atoms with van der Waals surface area (Å²) >= 11 is 0. The van der Waals surface area contributed by atoms with E-state index in [2.05, 4.69) is 4.74 Å². The van der Waals surface area contributed by atoms with Crippen molar-refractivity contribution in [3.05, 3.63) is 60.2 Å². The Kier molecular flexibility index (Phi) is 6.46. The lowest BCUT2D eigenvalue weighted by Gasteiger charge is -2.27. The van der Waals surface area contributed by atoms with Gasteiger partial charge in [0.2, 0.25) is 0 Å². The van der Waals surface area contributed by atoms with Crippen LogP contribution in [0.25, 0.3) is 0 Å². The largest absolute Gasteiger partial charge is 0.497 e. The fourth-order valence-corrected chi connectivity index (χ4v) is 2.23. The number of nitrogens with zero attached hydrogens (tertiary/aromatic N) is 1. The van der Waals surface area contributed by atoms with Gasteiger partial charge in [-0.25, -0.2) is 4.79 Å². The van der Waals surface area contributed by atoms with Crippen LogP contribution in [0.2, 0.25) is 0 Å². The van der Waals surface area contributed by atoms with Crippen LogP contribution in [-0.2, 0) is 9.57 Å². The van der Waals surface area contributed by atoms with Crippen molar-refractivity contribution in [1.82, 2.24) is 0 Å². The molecule has 1 amide bonds. The Morgan fingerprint density at radius 3 is 2.15 bits per heavy atom. The van der Waals surface area contributed by atoms with Crippen molar-refractivity contribution in [2.24, 2.45) is 0 Å². The minimum Gasteiger partial charge on any atom is -0.497 e. The van der Waals surface area contributed by atoms with Crippen LogP contribution in [0.3, 0.4) is 0 Å². The number of benzene rings is 2. The second-order valence-corrected chi connectivity index (χ2v) is 5.29. The maximum Gasteiger partial charge on any atom is 0.438 e. The fraction of sp³-hybridized carbons (Fsp3) is 0.278. The second-order valence-electron chi connectivity index (χ2n) is 5.29. The molecule has 1 unspecified atom stereocenters. The van der Waals surface area contributed by atoms with Crippen LogP contribution >= 0.6 is 0 Å². The minimum atomic E-state index is -4.50. The van der Waals surface area contributed by atoms with Crippen LogP contribution < -0.4 is 9.80 Å². The van der Waals surface area contributed by atoms with Gasteiger partial charge in [0.1, 0.15) is 11.9 Å². The molecule has 0 saturated heterocycles. The van der Waals surface area contributed by atoms with Crippen molar-refractivity contribution >= 4 is 11.8 Å². The van der Waals surface area contributed by atoms with Crippen molar-refractivity contribution in [1.29, 1.82) is 0 Å². The molecule has 140 valence electrons. The Morgan fingerprint density at radius 2 is 1.65 bits per heavy atom. The predicted molar refractivity (Wildman–Crippen MR) is 88.8 cm³/mol. The molecule has 26 heavy (non-hydrogen) atoms. The van der Waals surface area contributed by atoms with Crippen molar-refractivity contribution < 1.29 is 32.3 Å². The van der Waals surface area contributed by atoms with E-state index >= 15 is 0 Å². The highest BCUT2D eigenvalue weighted by molar-refractivity contribution is 5.85. The SMILES string of the molecule is COC(=O)N(OC(CC(F)(F)F)c1ccc(OC)cc1)c1ccccc1. The Morgan fingerprint density at radius 1 is 1.04 bits per heavy atom. The highest BCUT2D eigenvalue weighted by atomic mass is 19.4. The average Bonchev–Trinajstić information content (AvgIpc) is 2.64. The van der Waals surface area contributed by atoms with Gasteiger partial charge in [0, 0.05) is 0 Å². The first-order valence-electron chi connectivity index (χ1n) is 7.64. The average molecular weight is 369 g/mol. The molecule has 0 bridgehead atoms. The second kappa shape index (κ2) is 8.57. The predicted octanol–water partition coefficient (Wildman–Crippen LogP) is 4.89. The van der Waals surface area contributed by atoms with Crippen molar-refractivity contribution in [3.63, 3.8) is 0 Å². The number of halogens is 3. The molecule has 0 N–H and O–H groups in total. The van der Waals surface area contributed by atoms with Crippen molar-refractivity contribution in [3.8, 4) is 5.75 Å². The van der Waals surface area contributed by atoms with E-state index in [1.807, 2.05) is 0 Å². The molecule has 0 aliphatic carbocycles. The number of anilines is 1. The molecule has 5 nitrogen and oxygen atoms in total. The summed E-state index contributed by atoms with van der Waals surface area (Å²) in [6, 6.07) is 14.0. The fourth-order valence-electron chi connectivity index (χ4n) is 2.23. The van der Waals surface area contributed by atoms with Crippen molar-refractivity contribution in [2.45, 2.75) is 18.7 Å². The third-order valence-electron chi connectivity index (χ3n) is 3.47. The number of hydrogen-bond donors (Lipinski definition) is 0. The number of carbonyl (C=O) groups is 1. The molecule has 2 aromatic carbocycles. The van der Waals surface area contributed by atoms with E-state index < -0.39 is 24.8 Å². The highest BCUT2D eigenvalue weighted by Crippen LogP contribution is 2.34. The van der Waals surface area contributed by atoms with Gasteiger partial charge in [-0.15, -0.1) is 0 Å². The third-order valence-corrected chi connectivity index (χ3v) is 3.47. The standard InChI is InChI=1S/C18H18F3NO4/c1-24-15-10-8-13(9-11-15)16(12-18(19,20)21)26-22(17(23)25-2)14-6-4-3-5-7-14/h3-11,16H,12H2,1-2H3. The number of amides is 1. The number of hydroxylamine groups is 1. The molecule has 0 spiro atoms. The lowest BCUT2D eigenvalue weighted by Crippen LogP contribution is -2.34. The normalized spacial score (nSPS) is 12.3. The monoisotopic (exact) mass is 369 g/mol. The molecule has 2 rings (SSSR count). The molecule has 0 saturated carbocycles. The van der Waals surface area contributed by atoms with Gasteiger partial charge in [-0.1, -0.05) is 30.3 Å². The Labute approximate surface area is 148 Å². The Bertz CT molecular complexity index is 705. The van der Waals surface area contributed by atoms with Gasteiger partial charge in [-0.05, 0) is 29.8 Å². The van der Waals surface area contributed by atoms with E-state index in [9.17, 15) is 18.0 Å². The van der Waals surface area contributed by atoms with Gasteiger partial charge in [0.05, 0.1) is 26.3 Å². The Hall–Kier alpha value is -2.74. The summed E-state index contributed by atoms with van der Waals surface area (Å²) in [6.07, 6.45) is -8.15. The quantitative estimate of drug-likeness (QED) is 0.680. The number of alkyl halides is 3. The topological polar surface area (TPSA) is 48.0 Å². The number of ether oxygens (including phenoxy) is 2. The molecule has 0 aliphatic heterocycles. The minimum absolute atomic E-state index is 0.243. The van der Waals surface area contributed by atoms with Gasteiger partial charge >= 0.3 is 12.3 Å². The summed E-state index contributed by atoms with van der Waals surface area (Å²) in [5, 5.41) is 0.709. The number of methoxy groups -OCH3 is 2. The zero-order chi connectivity index (χ0) is 19.2. The van der Waals surface area contributed by atoms with Crippen molar-refractivity contribution in [2.75, 3.05) is 19.3 Å². The van der Waals surface area contributed by atoms with E-state index in [-0.39, 0.29) is 11.3 Å². The zero-order valence-corrected chi connectivity index (χ0v) is 14.2. The molecule has 8 heteroatoms. The van der Waals surface area contributed by atoms with Crippen LogP contribution in [0.15, 0.2) is 54.6 Å². The van der Waals surface area contributed by atoms with E-state index in [4.69, 9.17) is 9.57 Å². The lowest BCUT2D eigenvalue weighted by atomic mass is 10.1. The van der Waals surface area contributed by atoms with Gasteiger partial charge < -0.3 is 9.47 Å². The maximum atomic E-state index is 13.0. The zero-order valence-electron chi connectivity index (χ0n) is 14.2. The smallest absolute Gasteiger partial charge is 0.438 e. The summed E-state index contributed by atoms with van der Waals surface area (Å²) in [5.74, 6) is 0.493. The van der Waals surface area contributed by atoms with E-state index in [1.54, 1.807) is 18.2 Å². The Balaban J connectivity index is 2.34. The van der Waals surface area contributed by atoms with Gasteiger partial charge in [-0.2, -0.15) is 18.2 Å². The first kappa shape index (κ1) is 19.6. The summed E-state index contributed by atoms with van der Waals surface area (Å²) in [6.45, 7) is 0. The van der Waals surface area contributed by atoms with Crippen LogP contribution in [0, 0.1) is 0 Å². The van der Waals surface area contributed by atoms with Gasteiger partial charge in [0.25, 0.3) is 0 Å². The van der Waals surface area contributed by atoms with E-state index in [0.29, 0.717) is 10.8 Å². The van der Waals surface area contributed by atoms with Crippen LogP contribution in [-0.4, -0.2) is 26.5 Å². The number of carbonyl (C=O) groups excluding carboxylic acids is 1. The molecular weight excluding hydrogens is 351 g/mol.